The lowest BCUT2D eigenvalue weighted by atomic mass is 9.89. The topological polar surface area (TPSA) is 208 Å². The largest absolute Gasteiger partial charge is 0.444 e. The van der Waals surface area contributed by atoms with Gasteiger partial charge in [0.05, 0.1) is 12.4 Å². The zero-order valence-electron chi connectivity index (χ0n) is 39.9. The Morgan fingerprint density at radius 3 is 1.40 bits per heavy atom. The smallest absolute Gasteiger partial charge is 0.410 e. The van der Waals surface area contributed by atoms with Gasteiger partial charge in [-0.1, -0.05) is 24.3 Å². The fourth-order valence-electron chi connectivity index (χ4n) is 8.79. The van der Waals surface area contributed by atoms with Crippen molar-refractivity contribution in [2.45, 2.75) is 116 Å². The van der Waals surface area contributed by atoms with Crippen molar-refractivity contribution in [1.29, 1.82) is 5.26 Å². The molecule has 4 aromatic rings. The van der Waals surface area contributed by atoms with E-state index in [2.05, 4.69) is 70.7 Å². The molecule has 0 atom stereocenters. The zero-order valence-corrected chi connectivity index (χ0v) is 39.9. The number of nitrogens with one attached hydrogen (secondary N) is 2. The Kier molecular flexibility index (Phi) is 15.3. The number of carbonyl (C=O) groups excluding carboxylic acids is 3. The molecule has 4 aliphatic rings. The molecular weight excluding hydrogens is 849 g/mol. The summed E-state index contributed by atoms with van der Waals surface area (Å²) in [5.41, 5.74) is 9.14. The van der Waals surface area contributed by atoms with Crippen LogP contribution in [0.4, 0.5) is 44.2 Å². The van der Waals surface area contributed by atoms with Gasteiger partial charge in [-0.25, -0.2) is 29.5 Å². The minimum atomic E-state index is -0.615. The number of aromatic nitrogens is 4. The van der Waals surface area contributed by atoms with Gasteiger partial charge in [0.2, 0.25) is 0 Å². The van der Waals surface area contributed by atoms with Crippen LogP contribution in [-0.2, 0) is 9.47 Å². The Labute approximate surface area is 397 Å². The lowest BCUT2D eigenvalue weighted by Crippen LogP contribution is -2.41. The fraction of sp³-hybridized carbons (Fsp3) is 0.520. The number of likely N-dealkylation sites (tertiary alicyclic amines) is 2. The molecule has 17 heteroatoms. The zero-order chi connectivity index (χ0) is 47.7. The quantitative estimate of drug-likeness (QED) is 0.143. The van der Waals surface area contributed by atoms with E-state index in [1.54, 1.807) is 22.2 Å². The van der Waals surface area contributed by atoms with E-state index >= 15 is 0 Å². The summed E-state index contributed by atoms with van der Waals surface area (Å²) in [6, 6.07) is 18.5. The van der Waals surface area contributed by atoms with Crippen molar-refractivity contribution in [2.24, 2.45) is 5.73 Å². The molecule has 0 unspecified atom stereocenters. The third-order valence-electron chi connectivity index (χ3n) is 12.3. The number of nitrogens with two attached hydrogens (primary N) is 1. The second-order valence-corrected chi connectivity index (χ2v) is 19.7. The predicted octanol–water partition coefficient (Wildman–Crippen LogP) is 9.33. The molecule has 0 spiro atoms. The molecule has 3 amide bonds. The number of ether oxygens (including phenoxy) is 2. The maximum Gasteiger partial charge on any atom is 0.410 e. The SMILES string of the molecule is CC(C)(C)OC(=O)N1CCC(c2ccc(Nc3nc(N4CCCC4)cnc3C#N)cc2)CC1.CC(C)(C)OC(=O)N1CCC(c2ccc(Nc3nc(N4CCCC4)cnc3C(N)=O)cc2)CC1.[HH].[HH]. The maximum atomic E-state index is 12.3. The molecule has 4 saturated heterocycles. The van der Waals surface area contributed by atoms with Crippen LogP contribution in [0.3, 0.4) is 0 Å². The number of anilines is 6. The number of carbonyl (C=O) groups is 3. The highest BCUT2D eigenvalue weighted by Gasteiger charge is 2.29. The van der Waals surface area contributed by atoms with Crippen molar-refractivity contribution >= 4 is 52.7 Å². The molecule has 4 N–H and O–H groups in total. The van der Waals surface area contributed by atoms with Crippen LogP contribution >= 0.6 is 0 Å². The highest BCUT2D eigenvalue weighted by atomic mass is 16.6. The summed E-state index contributed by atoms with van der Waals surface area (Å²) < 4.78 is 11.0. The number of rotatable bonds is 9. The van der Waals surface area contributed by atoms with Gasteiger partial charge in [-0.3, -0.25) is 4.79 Å². The summed E-state index contributed by atoms with van der Waals surface area (Å²) in [4.78, 5) is 62.3. The molecule has 4 fully saturated rings. The van der Waals surface area contributed by atoms with Crippen LogP contribution in [0.2, 0.25) is 0 Å². The molecule has 6 heterocycles. The highest BCUT2D eigenvalue weighted by Crippen LogP contribution is 2.33. The molecule has 360 valence electrons. The van der Waals surface area contributed by atoms with Crippen molar-refractivity contribution in [3.8, 4) is 6.07 Å². The van der Waals surface area contributed by atoms with Crippen LogP contribution < -0.4 is 26.2 Å². The van der Waals surface area contributed by atoms with Gasteiger partial charge in [0.25, 0.3) is 5.91 Å². The molecule has 0 aliphatic carbocycles. The van der Waals surface area contributed by atoms with Crippen molar-refractivity contribution in [3.05, 3.63) is 83.4 Å². The second-order valence-electron chi connectivity index (χ2n) is 19.7. The van der Waals surface area contributed by atoms with Crippen LogP contribution in [0.1, 0.15) is 135 Å². The van der Waals surface area contributed by atoms with E-state index < -0.39 is 17.1 Å². The maximum absolute atomic E-state index is 12.3. The van der Waals surface area contributed by atoms with E-state index in [0.717, 1.165) is 101 Å². The summed E-state index contributed by atoms with van der Waals surface area (Å²) in [5.74, 6) is 2.59. The van der Waals surface area contributed by atoms with E-state index in [9.17, 15) is 19.6 Å². The Bertz CT molecular complexity index is 2380. The number of piperidine rings is 2. The number of nitriles is 1. The van der Waals surface area contributed by atoms with Gasteiger partial charge in [-0.15, -0.1) is 0 Å². The van der Waals surface area contributed by atoms with E-state index in [1.807, 2.05) is 65.8 Å². The van der Waals surface area contributed by atoms with E-state index in [-0.39, 0.29) is 26.4 Å². The standard InChI is InChI=1S/C25H34N6O3.C25H32N6O2.2H2/c1-25(2,3)34-24(33)31-14-10-18(11-15-31)17-6-8-19(9-7-17)28-23-21(22(26)32)27-16-20(29-23)30-12-4-5-13-30;1-25(2,3)33-24(32)31-14-10-19(11-15-31)18-6-8-20(9-7-18)28-23-21(16-26)27-17-22(29-23)30-12-4-5-13-30;;/h6-9,16,18H,4-5,10-15H2,1-3H3,(H2,26,32)(H,28,29);6-9,17,19H,4-5,10-15H2,1-3H3,(H,28,29);2*1H. The van der Waals surface area contributed by atoms with Gasteiger partial charge in [-0.2, -0.15) is 5.26 Å². The molecule has 17 nitrogen and oxygen atoms in total. The Balaban J connectivity index is 0.000000250. The van der Waals surface area contributed by atoms with Gasteiger partial charge in [0.15, 0.2) is 23.0 Å². The first-order chi connectivity index (χ1) is 32.0. The van der Waals surface area contributed by atoms with Crippen LogP contribution in [0, 0.1) is 11.3 Å². The van der Waals surface area contributed by atoms with E-state index in [4.69, 9.17) is 15.2 Å². The summed E-state index contributed by atoms with van der Waals surface area (Å²) in [6.45, 7) is 17.9. The van der Waals surface area contributed by atoms with Crippen molar-refractivity contribution in [3.63, 3.8) is 0 Å². The minimum absolute atomic E-state index is 0. The first-order valence-electron chi connectivity index (χ1n) is 23.7. The Morgan fingerprint density at radius 1 is 0.627 bits per heavy atom. The number of hydrogen-bond donors (Lipinski definition) is 3. The number of amides is 3. The van der Waals surface area contributed by atoms with Gasteiger partial charge in [0, 0.05) is 66.6 Å². The second kappa shape index (κ2) is 21.3. The first kappa shape index (κ1) is 48.2. The number of hydrogen-bond acceptors (Lipinski definition) is 14. The van der Waals surface area contributed by atoms with Gasteiger partial charge < -0.3 is 45.4 Å². The normalized spacial score (nSPS) is 17.0. The highest BCUT2D eigenvalue weighted by molar-refractivity contribution is 5.96. The minimum Gasteiger partial charge on any atom is -0.444 e. The van der Waals surface area contributed by atoms with Crippen LogP contribution in [-0.4, -0.2) is 111 Å². The van der Waals surface area contributed by atoms with E-state index in [1.165, 1.54) is 11.1 Å². The summed E-state index contributed by atoms with van der Waals surface area (Å²) in [6.07, 6.45) is 11.0. The van der Waals surface area contributed by atoms with Gasteiger partial charge in [0.1, 0.15) is 28.9 Å². The van der Waals surface area contributed by atoms with Crippen molar-refractivity contribution < 1.29 is 26.7 Å². The van der Waals surface area contributed by atoms with Crippen molar-refractivity contribution in [1.82, 2.24) is 29.7 Å². The lowest BCUT2D eigenvalue weighted by Gasteiger charge is -2.33. The summed E-state index contributed by atoms with van der Waals surface area (Å²) in [7, 11) is 0. The molecule has 67 heavy (non-hydrogen) atoms. The van der Waals surface area contributed by atoms with Crippen molar-refractivity contribution in [2.75, 3.05) is 72.8 Å². The molecule has 0 saturated carbocycles. The fourth-order valence-corrected chi connectivity index (χ4v) is 8.79. The molecule has 2 aromatic heterocycles. The van der Waals surface area contributed by atoms with Crippen LogP contribution in [0.5, 0.6) is 0 Å². The predicted molar refractivity (Wildman–Crippen MR) is 263 cm³/mol. The first-order valence-corrected chi connectivity index (χ1v) is 23.7. The van der Waals surface area contributed by atoms with Gasteiger partial charge in [-0.05, 0) is 140 Å². The average Bonchev–Trinajstić information content (AvgIpc) is 4.06. The molecule has 4 aliphatic heterocycles. The molecule has 0 bridgehead atoms. The molecule has 2 aromatic carbocycles. The van der Waals surface area contributed by atoms with Crippen LogP contribution in [0.25, 0.3) is 0 Å². The lowest BCUT2D eigenvalue weighted by molar-refractivity contribution is 0.0194. The third kappa shape index (κ3) is 13.2. The van der Waals surface area contributed by atoms with E-state index in [0.29, 0.717) is 49.7 Å². The van der Waals surface area contributed by atoms with Gasteiger partial charge >= 0.3 is 12.2 Å². The number of nitrogens with zero attached hydrogens (tertiary/aromatic N) is 9. The Hall–Kier alpha value is -6.70. The monoisotopic (exact) mass is 919 g/mol. The molecule has 8 rings (SSSR count). The molecule has 0 radical (unpaired) electrons. The summed E-state index contributed by atoms with van der Waals surface area (Å²) >= 11 is 0. The third-order valence-corrected chi connectivity index (χ3v) is 12.3. The molecular formula is C50H70N12O5. The summed E-state index contributed by atoms with van der Waals surface area (Å²) in [5, 5.41) is 15.9. The Morgan fingerprint density at radius 2 is 1.01 bits per heavy atom. The average molecular weight is 919 g/mol. The number of primary amides is 1. The number of benzene rings is 2. The van der Waals surface area contributed by atoms with Crippen LogP contribution in [0.15, 0.2) is 60.9 Å².